The van der Waals surface area contributed by atoms with Gasteiger partial charge in [0.2, 0.25) is 15.9 Å². The molecule has 122 valence electrons. The molecule has 1 heterocycles. The predicted octanol–water partition coefficient (Wildman–Crippen LogP) is -0.0674. The van der Waals surface area contributed by atoms with Gasteiger partial charge in [0.1, 0.15) is 5.25 Å². The highest BCUT2D eigenvalue weighted by molar-refractivity contribution is 8.01. The van der Waals surface area contributed by atoms with Crippen molar-refractivity contribution >= 4 is 33.7 Å². The zero-order valence-electron chi connectivity index (χ0n) is 12.5. The van der Waals surface area contributed by atoms with Gasteiger partial charge in [-0.15, -0.1) is 11.8 Å². The Morgan fingerprint density at radius 3 is 2.10 bits per heavy atom. The molecule has 9 heteroatoms. The van der Waals surface area contributed by atoms with Crippen molar-refractivity contribution in [2.45, 2.75) is 19.1 Å². The van der Waals surface area contributed by atoms with Gasteiger partial charge in [-0.2, -0.15) is 4.31 Å². The van der Waals surface area contributed by atoms with Crippen molar-refractivity contribution in [1.29, 1.82) is 0 Å². The summed E-state index contributed by atoms with van der Waals surface area (Å²) in [6.07, 6.45) is 1.15. The Balaban J connectivity index is 2.46. The van der Waals surface area contributed by atoms with Crippen molar-refractivity contribution < 1.29 is 23.1 Å². The second-order valence-corrected chi connectivity index (χ2v) is 8.47. The van der Waals surface area contributed by atoms with Crippen molar-refractivity contribution in [3.05, 3.63) is 0 Å². The number of carbonyl (C=O) groups excluding carboxylic acids is 1. The number of carbonyl (C=O) groups is 2. The molecule has 1 amide bonds. The fourth-order valence-electron chi connectivity index (χ4n) is 2.07. The molecule has 21 heavy (non-hydrogen) atoms. The highest BCUT2D eigenvalue weighted by atomic mass is 32.2. The monoisotopic (exact) mass is 338 g/mol. The number of sulfonamides is 1. The number of carboxylic acid groups (broad SMARTS) is 1. The van der Waals surface area contributed by atoms with Crippen LogP contribution in [0.4, 0.5) is 0 Å². The van der Waals surface area contributed by atoms with E-state index in [4.69, 9.17) is 5.11 Å². The molecule has 1 saturated heterocycles. The number of aliphatic carboxylic acids is 1. The lowest BCUT2D eigenvalue weighted by atomic mass is 10.1. The van der Waals surface area contributed by atoms with Crippen molar-refractivity contribution in [2.75, 3.05) is 38.2 Å². The molecule has 1 atom stereocenters. The van der Waals surface area contributed by atoms with E-state index in [2.05, 4.69) is 0 Å². The van der Waals surface area contributed by atoms with E-state index in [1.54, 1.807) is 18.7 Å². The first-order valence-electron chi connectivity index (χ1n) is 6.70. The topological polar surface area (TPSA) is 95.0 Å². The lowest BCUT2D eigenvalue weighted by molar-refractivity contribution is -0.137. The summed E-state index contributed by atoms with van der Waals surface area (Å²) in [5.74, 6) is -0.999. The quantitative estimate of drug-likeness (QED) is 0.729. The van der Waals surface area contributed by atoms with Crippen LogP contribution in [-0.2, 0) is 19.6 Å². The van der Waals surface area contributed by atoms with E-state index in [0.717, 1.165) is 18.0 Å². The number of amides is 1. The first kappa shape index (κ1) is 18.2. The van der Waals surface area contributed by atoms with E-state index in [1.807, 2.05) is 0 Å². The van der Waals surface area contributed by atoms with E-state index < -0.39 is 21.2 Å². The van der Waals surface area contributed by atoms with Gasteiger partial charge in [-0.3, -0.25) is 9.59 Å². The summed E-state index contributed by atoms with van der Waals surface area (Å²) >= 11 is 1.12. The Hall–Kier alpha value is -0.800. The van der Waals surface area contributed by atoms with Crippen molar-refractivity contribution in [3.8, 4) is 0 Å². The van der Waals surface area contributed by atoms with Crippen LogP contribution < -0.4 is 0 Å². The number of carboxylic acids is 1. The molecular weight excluding hydrogens is 316 g/mol. The van der Waals surface area contributed by atoms with Gasteiger partial charge in [0.15, 0.2) is 0 Å². The molecule has 0 aromatic carbocycles. The number of nitrogens with zero attached hydrogens (tertiary/aromatic N) is 2. The molecule has 1 fully saturated rings. The van der Waals surface area contributed by atoms with Gasteiger partial charge in [0.25, 0.3) is 0 Å². The van der Waals surface area contributed by atoms with Crippen LogP contribution in [0, 0.1) is 5.92 Å². The number of piperazine rings is 1. The molecule has 1 unspecified atom stereocenters. The molecule has 0 radical (unpaired) electrons. The number of hydrogen-bond acceptors (Lipinski definition) is 5. The molecular formula is C12H22N2O5S2. The number of thioether (sulfide) groups is 1. The Morgan fingerprint density at radius 1 is 1.19 bits per heavy atom. The van der Waals surface area contributed by atoms with Gasteiger partial charge in [-0.25, -0.2) is 8.42 Å². The predicted molar refractivity (Wildman–Crippen MR) is 81.7 cm³/mol. The van der Waals surface area contributed by atoms with Gasteiger partial charge in [-0.05, 0) is 5.92 Å². The minimum Gasteiger partial charge on any atom is -0.480 e. The molecule has 0 spiro atoms. The Bertz CT molecular complexity index is 484. The molecule has 1 aliphatic heterocycles. The lowest BCUT2D eigenvalue weighted by Crippen LogP contribution is -2.50. The van der Waals surface area contributed by atoms with Gasteiger partial charge < -0.3 is 10.0 Å². The fraction of sp³-hybridized carbons (Fsp3) is 0.833. The maximum atomic E-state index is 12.0. The third kappa shape index (κ3) is 5.48. The molecule has 1 N–H and O–H groups in total. The maximum absolute atomic E-state index is 12.0. The second-order valence-electron chi connectivity index (χ2n) is 5.36. The molecule has 0 bridgehead atoms. The van der Waals surface area contributed by atoms with Crippen molar-refractivity contribution in [3.63, 3.8) is 0 Å². The summed E-state index contributed by atoms with van der Waals surface area (Å²) in [5, 5.41) is 8.47. The van der Waals surface area contributed by atoms with Crippen LogP contribution >= 0.6 is 11.8 Å². The van der Waals surface area contributed by atoms with Crippen LogP contribution in [0.2, 0.25) is 0 Å². The summed E-state index contributed by atoms with van der Waals surface area (Å²) in [5.41, 5.74) is 0. The third-order valence-corrected chi connectivity index (χ3v) is 6.12. The van der Waals surface area contributed by atoms with Gasteiger partial charge in [0, 0.05) is 26.2 Å². The third-order valence-electron chi connectivity index (χ3n) is 3.30. The summed E-state index contributed by atoms with van der Waals surface area (Å²) in [7, 11) is -3.21. The smallest absolute Gasteiger partial charge is 0.316 e. The average molecular weight is 338 g/mol. The minimum absolute atomic E-state index is 0.0534. The summed E-state index contributed by atoms with van der Waals surface area (Å²) in [6, 6.07) is 0. The summed E-state index contributed by atoms with van der Waals surface area (Å²) in [6.45, 7) is 4.91. The molecule has 1 aliphatic rings. The maximum Gasteiger partial charge on any atom is 0.316 e. The first-order valence-corrected chi connectivity index (χ1v) is 9.60. The molecule has 0 aromatic rings. The average Bonchev–Trinajstić information content (AvgIpc) is 2.37. The van der Waals surface area contributed by atoms with Gasteiger partial charge in [-0.1, -0.05) is 13.8 Å². The highest BCUT2D eigenvalue weighted by Gasteiger charge is 2.28. The standard InChI is InChI=1S/C12H22N2O5S2/c1-9(2)11(12(16)17)20-8-10(15)13-4-6-14(7-5-13)21(3,18)19/h9,11H,4-8H2,1-3H3,(H,16,17). The van der Waals surface area contributed by atoms with Crippen LogP contribution in [0.25, 0.3) is 0 Å². The van der Waals surface area contributed by atoms with E-state index in [1.165, 1.54) is 4.31 Å². The zero-order chi connectivity index (χ0) is 16.2. The Labute approximate surface area is 129 Å². The van der Waals surface area contributed by atoms with Crippen molar-refractivity contribution in [2.24, 2.45) is 5.92 Å². The van der Waals surface area contributed by atoms with Crippen molar-refractivity contribution in [1.82, 2.24) is 9.21 Å². The van der Waals surface area contributed by atoms with E-state index >= 15 is 0 Å². The fourth-order valence-corrected chi connectivity index (χ4v) is 3.93. The summed E-state index contributed by atoms with van der Waals surface area (Å²) in [4.78, 5) is 24.7. The summed E-state index contributed by atoms with van der Waals surface area (Å²) < 4.78 is 24.1. The molecule has 1 rings (SSSR count). The molecule has 7 nitrogen and oxygen atoms in total. The minimum atomic E-state index is -3.21. The van der Waals surface area contributed by atoms with Gasteiger partial charge >= 0.3 is 5.97 Å². The Kier molecular flexibility index (Phi) is 6.48. The Morgan fingerprint density at radius 2 is 1.71 bits per heavy atom. The molecule has 0 aromatic heterocycles. The van der Waals surface area contributed by atoms with E-state index in [0.29, 0.717) is 26.2 Å². The highest BCUT2D eigenvalue weighted by Crippen LogP contribution is 2.20. The van der Waals surface area contributed by atoms with Crippen LogP contribution in [0.3, 0.4) is 0 Å². The van der Waals surface area contributed by atoms with Crippen LogP contribution in [0.1, 0.15) is 13.8 Å². The number of hydrogen-bond donors (Lipinski definition) is 1. The van der Waals surface area contributed by atoms with E-state index in [-0.39, 0.29) is 17.6 Å². The zero-order valence-corrected chi connectivity index (χ0v) is 14.1. The largest absolute Gasteiger partial charge is 0.480 e. The number of rotatable bonds is 6. The molecule has 0 aliphatic carbocycles. The van der Waals surface area contributed by atoms with Crippen LogP contribution in [0.15, 0.2) is 0 Å². The van der Waals surface area contributed by atoms with Gasteiger partial charge in [0.05, 0.1) is 12.0 Å². The van der Waals surface area contributed by atoms with Crippen LogP contribution in [0.5, 0.6) is 0 Å². The van der Waals surface area contributed by atoms with Crippen LogP contribution in [-0.4, -0.2) is 78.0 Å². The second kappa shape index (κ2) is 7.46. The SMILES string of the molecule is CC(C)C(SCC(=O)N1CCN(S(C)(=O)=O)CC1)C(=O)O. The van der Waals surface area contributed by atoms with E-state index in [9.17, 15) is 18.0 Å². The lowest BCUT2D eigenvalue weighted by Gasteiger charge is -2.33. The first-order chi connectivity index (χ1) is 9.62. The molecule has 0 saturated carbocycles. The normalized spacial score (nSPS) is 18.8.